The van der Waals surface area contributed by atoms with Crippen LogP contribution in [0.2, 0.25) is 0 Å². The predicted octanol–water partition coefficient (Wildman–Crippen LogP) is 2.56. The van der Waals surface area contributed by atoms with Crippen molar-refractivity contribution >= 4 is 22.9 Å². The fourth-order valence-corrected chi connectivity index (χ4v) is 1.53. The molecule has 0 amide bonds. The van der Waals surface area contributed by atoms with Gasteiger partial charge in [-0.2, -0.15) is 0 Å². The second kappa shape index (κ2) is 5.12. The van der Waals surface area contributed by atoms with Crippen LogP contribution < -0.4 is 10.6 Å². The molecule has 1 aromatic carbocycles. The largest absolute Gasteiger partial charge is 0.389 e. The number of hydrogen-bond acceptors (Lipinski definition) is 2. The fraction of sp³-hybridized carbons (Fsp3) is 0.417. The highest BCUT2D eigenvalue weighted by Gasteiger charge is 2.07. The van der Waals surface area contributed by atoms with Crippen molar-refractivity contribution in [3.05, 3.63) is 29.8 Å². The van der Waals surface area contributed by atoms with Crippen LogP contribution in [0.3, 0.4) is 0 Å². The summed E-state index contributed by atoms with van der Waals surface area (Å²) in [5, 5.41) is 0. The molecule has 0 radical (unpaired) electrons. The van der Waals surface area contributed by atoms with E-state index in [1.54, 1.807) is 0 Å². The molecule has 0 saturated carbocycles. The third-order valence-electron chi connectivity index (χ3n) is 2.81. The third-order valence-corrected chi connectivity index (χ3v) is 3.05. The average Bonchev–Trinajstić information content (AvgIpc) is 2.27. The first-order valence-corrected chi connectivity index (χ1v) is 5.59. The van der Waals surface area contributed by atoms with E-state index in [0.29, 0.717) is 11.0 Å². The van der Waals surface area contributed by atoms with Crippen molar-refractivity contribution in [2.75, 3.05) is 11.9 Å². The molecule has 0 aliphatic rings. The van der Waals surface area contributed by atoms with E-state index in [1.807, 2.05) is 12.1 Å². The van der Waals surface area contributed by atoms with Gasteiger partial charge in [-0.3, -0.25) is 0 Å². The standard InChI is InChI=1S/C12H18N2S/c1-4-9(2)14(3)11-7-5-10(6-8-11)12(13)15/h5-9H,4H2,1-3H3,(H2,13,15). The Morgan fingerprint density at radius 1 is 1.40 bits per heavy atom. The van der Waals surface area contributed by atoms with Crippen LogP contribution in [-0.2, 0) is 0 Å². The van der Waals surface area contributed by atoms with Crippen LogP contribution in [-0.4, -0.2) is 18.1 Å². The summed E-state index contributed by atoms with van der Waals surface area (Å²) in [7, 11) is 2.10. The first-order chi connectivity index (χ1) is 7.06. The molecule has 15 heavy (non-hydrogen) atoms. The maximum Gasteiger partial charge on any atom is 0.103 e. The fourth-order valence-electron chi connectivity index (χ4n) is 1.39. The summed E-state index contributed by atoms with van der Waals surface area (Å²) in [5.41, 5.74) is 7.66. The lowest BCUT2D eigenvalue weighted by atomic mass is 10.1. The monoisotopic (exact) mass is 222 g/mol. The maximum atomic E-state index is 5.54. The molecule has 1 rings (SSSR count). The quantitative estimate of drug-likeness (QED) is 0.794. The molecule has 0 aliphatic heterocycles. The number of benzene rings is 1. The number of anilines is 1. The lowest BCUT2D eigenvalue weighted by Crippen LogP contribution is -2.27. The summed E-state index contributed by atoms with van der Waals surface area (Å²) in [4.78, 5) is 2.70. The van der Waals surface area contributed by atoms with Crippen molar-refractivity contribution in [1.82, 2.24) is 0 Å². The van der Waals surface area contributed by atoms with Crippen LogP contribution >= 0.6 is 12.2 Å². The number of nitrogens with two attached hydrogens (primary N) is 1. The number of nitrogens with zero attached hydrogens (tertiary/aromatic N) is 1. The Morgan fingerprint density at radius 2 is 1.93 bits per heavy atom. The van der Waals surface area contributed by atoms with Gasteiger partial charge >= 0.3 is 0 Å². The molecule has 1 unspecified atom stereocenters. The molecule has 1 aromatic rings. The van der Waals surface area contributed by atoms with Gasteiger partial charge in [0.05, 0.1) is 0 Å². The Morgan fingerprint density at radius 3 is 2.33 bits per heavy atom. The topological polar surface area (TPSA) is 29.3 Å². The van der Waals surface area contributed by atoms with Crippen molar-refractivity contribution in [2.24, 2.45) is 5.73 Å². The van der Waals surface area contributed by atoms with Gasteiger partial charge in [0.1, 0.15) is 4.99 Å². The van der Waals surface area contributed by atoms with E-state index in [0.717, 1.165) is 12.0 Å². The van der Waals surface area contributed by atoms with Crippen LogP contribution in [0, 0.1) is 0 Å². The highest BCUT2D eigenvalue weighted by atomic mass is 32.1. The van der Waals surface area contributed by atoms with Gasteiger partial charge in [-0.25, -0.2) is 0 Å². The average molecular weight is 222 g/mol. The first kappa shape index (κ1) is 12.0. The van der Waals surface area contributed by atoms with E-state index in [9.17, 15) is 0 Å². The molecule has 0 fully saturated rings. The molecule has 3 heteroatoms. The zero-order valence-corrected chi connectivity index (χ0v) is 10.3. The zero-order chi connectivity index (χ0) is 11.4. The van der Waals surface area contributed by atoms with E-state index < -0.39 is 0 Å². The summed E-state index contributed by atoms with van der Waals surface area (Å²) in [5.74, 6) is 0. The number of thiocarbonyl (C=S) groups is 1. The van der Waals surface area contributed by atoms with Crippen molar-refractivity contribution in [3.63, 3.8) is 0 Å². The molecule has 0 aromatic heterocycles. The minimum atomic E-state index is 0.452. The van der Waals surface area contributed by atoms with Gasteiger partial charge in [0.15, 0.2) is 0 Å². The summed E-state index contributed by atoms with van der Waals surface area (Å²) in [6.07, 6.45) is 1.13. The molecule has 2 N–H and O–H groups in total. The first-order valence-electron chi connectivity index (χ1n) is 5.19. The normalized spacial score (nSPS) is 12.2. The summed E-state index contributed by atoms with van der Waals surface area (Å²) in [6.45, 7) is 4.39. The van der Waals surface area contributed by atoms with E-state index in [-0.39, 0.29) is 0 Å². The highest BCUT2D eigenvalue weighted by molar-refractivity contribution is 7.80. The van der Waals surface area contributed by atoms with Crippen LogP contribution in [0.5, 0.6) is 0 Å². The van der Waals surface area contributed by atoms with Gasteiger partial charge in [-0.15, -0.1) is 0 Å². The van der Waals surface area contributed by atoms with Gasteiger partial charge in [0, 0.05) is 24.3 Å². The molecule has 0 bridgehead atoms. The summed E-state index contributed by atoms with van der Waals surface area (Å²) >= 11 is 4.91. The number of rotatable bonds is 4. The van der Waals surface area contributed by atoms with Crippen LogP contribution in [0.25, 0.3) is 0 Å². The minimum Gasteiger partial charge on any atom is -0.389 e. The van der Waals surface area contributed by atoms with Gasteiger partial charge in [-0.1, -0.05) is 19.1 Å². The summed E-state index contributed by atoms with van der Waals surface area (Å²) < 4.78 is 0. The smallest absolute Gasteiger partial charge is 0.103 e. The van der Waals surface area contributed by atoms with E-state index in [2.05, 4.69) is 37.9 Å². The molecule has 0 saturated heterocycles. The van der Waals surface area contributed by atoms with Gasteiger partial charge in [0.25, 0.3) is 0 Å². The molecule has 0 aliphatic carbocycles. The van der Waals surface area contributed by atoms with Crippen molar-refractivity contribution in [3.8, 4) is 0 Å². The highest BCUT2D eigenvalue weighted by Crippen LogP contribution is 2.17. The van der Waals surface area contributed by atoms with Crippen molar-refractivity contribution < 1.29 is 0 Å². The maximum absolute atomic E-state index is 5.54. The third kappa shape index (κ3) is 2.93. The molecular formula is C12H18N2S. The lowest BCUT2D eigenvalue weighted by Gasteiger charge is -2.26. The SMILES string of the molecule is CCC(C)N(C)c1ccc(C(N)=S)cc1. The lowest BCUT2D eigenvalue weighted by molar-refractivity contribution is 0.664. The Kier molecular flexibility index (Phi) is 4.09. The zero-order valence-electron chi connectivity index (χ0n) is 9.53. The van der Waals surface area contributed by atoms with Crippen LogP contribution in [0.1, 0.15) is 25.8 Å². The Labute approximate surface area is 97.1 Å². The molecular weight excluding hydrogens is 204 g/mol. The van der Waals surface area contributed by atoms with E-state index >= 15 is 0 Å². The van der Waals surface area contributed by atoms with Gasteiger partial charge in [-0.05, 0) is 37.6 Å². The van der Waals surface area contributed by atoms with Crippen molar-refractivity contribution in [2.45, 2.75) is 26.3 Å². The molecule has 2 nitrogen and oxygen atoms in total. The Hall–Kier alpha value is -1.09. The molecule has 82 valence electrons. The molecule has 0 heterocycles. The minimum absolute atomic E-state index is 0.452. The van der Waals surface area contributed by atoms with Crippen LogP contribution in [0.15, 0.2) is 24.3 Å². The summed E-state index contributed by atoms with van der Waals surface area (Å²) in [6, 6.07) is 8.59. The van der Waals surface area contributed by atoms with Crippen LogP contribution in [0.4, 0.5) is 5.69 Å². The Bertz CT molecular complexity index is 332. The number of hydrogen-bond donors (Lipinski definition) is 1. The van der Waals surface area contributed by atoms with E-state index in [4.69, 9.17) is 18.0 Å². The van der Waals surface area contributed by atoms with E-state index in [1.165, 1.54) is 5.69 Å². The second-order valence-corrected chi connectivity index (χ2v) is 4.22. The second-order valence-electron chi connectivity index (χ2n) is 3.78. The van der Waals surface area contributed by atoms with Crippen molar-refractivity contribution in [1.29, 1.82) is 0 Å². The van der Waals surface area contributed by atoms with Gasteiger partial charge in [0.2, 0.25) is 0 Å². The molecule has 0 spiro atoms. The predicted molar refractivity (Wildman–Crippen MR) is 70.5 cm³/mol. The Balaban J connectivity index is 2.84. The molecule has 1 atom stereocenters. The van der Waals surface area contributed by atoms with Gasteiger partial charge < -0.3 is 10.6 Å².